The summed E-state index contributed by atoms with van der Waals surface area (Å²) >= 11 is 0. The first-order valence-corrected chi connectivity index (χ1v) is 10.2. The van der Waals surface area contributed by atoms with E-state index in [-0.39, 0.29) is 24.4 Å². The van der Waals surface area contributed by atoms with Crippen LogP contribution in [0.5, 0.6) is 0 Å². The summed E-state index contributed by atoms with van der Waals surface area (Å²) in [5, 5.41) is 6.12. The molecule has 1 aromatic heterocycles. The lowest BCUT2D eigenvalue weighted by Gasteiger charge is -2.25. The number of rotatable bonds is 8. The molecule has 2 heterocycles. The van der Waals surface area contributed by atoms with Gasteiger partial charge in [-0.2, -0.15) is 5.10 Å². The fraction of sp³-hybridized carbons (Fsp3) is 0.435. The fourth-order valence-electron chi connectivity index (χ4n) is 3.49. The summed E-state index contributed by atoms with van der Waals surface area (Å²) in [6.45, 7) is 6.60. The summed E-state index contributed by atoms with van der Waals surface area (Å²) in [5.74, 6) is 0.344. The summed E-state index contributed by atoms with van der Waals surface area (Å²) in [5.41, 5.74) is 4.21. The van der Waals surface area contributed by atoms with Crippen LogP contribution in [0, 0.1) is 13.8 Å². The van der Waals surface area contributed by atoms with E-state index in [4.69, 9.17) is 9.15 Å². The van der Waals surface area contributed by atoms with E-state index in [0.717, 1.165) is 11.3 Å². The van der Waals surface area contributed by atoms with Gasteiger partial charge in [-0.05, 0) is 48.7 Å². The first-order valence-electron chi connectivity index (χ1n) is 10.2. The van der Waals surface area contributed by atoms with Crippen LogP contribution in [-0.4, -0.2) is 54.2 Å². The number of hydrogen-bond donors (Lipinski definition) is 0. The molecular formula is C23H29N3O4. The van der Waals surface area contributed by atoms with Gasteiger partial charge in [0.05, 0.1) is 18.6 Å². The largest absolute Gasteiger partial charge is 0.467 e. The molecule has 2 amide bonds. The lowest BCUT2D eigenvalue weighted by Crippen LogP contribution is -2.42. The van der Waals surface area contributed by atoms with Crippen LogP contribution in [0.4, 0.5) is 0 Å². The first kappa shape index (κ1) is 21.8. The minimum absolute atomic E-state index is 0.0447. The van der Waals surface area contributed by atoms with E-state index in [2.05, 4.69) is 31.1 Å². The van der Waals surface area contributed by atoms with Gasteiger partial charge in [-0.3, -0.25) is 9.59 Å². The Kier molecular flexibility index (Phi) is 7.05. The second kappa shape index (κ2) is 9.71. The van der Waals surface area contributed by atoms with Gasteiger partial charge in [-0.1, -0.05) is 19.1 Å². The van der Waals surface area contributed by atoms with Gasteiger partial charge < -0.3 is 14.1 Å². The predicted octanol–water partition coefficient (Wildman–Crippen LogP) is 3.46. The number of furan rings is 1. The minimum Gasteiger partial charge on any atom is -0.467 e. The van der Waals surface area contributed by atoms with E-state index in [9.17, 15) is 9.59 Å². The highest BCUT2D eigenvalue weighted by Gasteiger charge is 2.35. The van der Waals surface area contributed by atoms with Crippen molar-refractivity contribution in [2.24, 2.45) is 5.10 Å². The molecule has 0 saturated carbocycles. The molecule has 1 unspecified atom stereocenters. The number of carbonyl (C=O) groups excluding carboxylic acids is 2. The van der Waals surface area contributed by atoms with Crippen molar-refractivity contribution in [2.45, 2.75) is 39.7 Å². The van der Waals surface area contributed by atoms with Gasteiger partial charge in [0.25, 0.3) is 5.91 Å². The highest BCUT2D eigenvalue weighted by atomic mass is 16.5. The molecule has 1 aromatic carbocycles. The molecule has 0 bridgehead atoms. The number of aryl methyl sites for hydroxylation is 2. The van der Waals surface area contributed by atoms with Crippen molar-refractivity contribution in [1.82, 2.24) is 9.91 Å². The summed E-state index contributed by atoms with van der Waals surface area (Å²) in [6.07, 6.45) is 2.48. The van der Waals surface area contributed by atoms with Crippen molar-refractivity contribution >= 4 is 17.5 Å². The van der Waals surface area contributed by atoms with Crippen molar-refractivity contribution in [2.75, 3.05) is 26.8 Å². The number of carbonyl (C=O) groups is 2. The van der Waals surface area contributed by atoms with Gasteiger partial charge in [0.2, 0.25) is 5.91 Å². The van der Waals surface area contributed by atoms with Crippen LogP contribution in [0.15, 0.2) is 46.1 Å². The van der Waals surface area contributed by atoms with E-state index in [1.165, 1.54) is 21.0 Å². The van der Waals surface area contributed by atoms with Gasteiger partial charge in [0, 0.05) is 26.5 Å². The summed E-state index contributed by atoms with van der Waals surface area (Å²) < 4.78 is 10.7. The standard InChI is InChI=1S/C23H29N3O4/c1-5-22(27)25(10-12-29-4)15-23(28)26-20(21-7-6-11-30-21)14-19(24-26)18-9-8-16(2)17(3)13-18/h6-9,11,13,20H,5,10,12,14-15H2,1-4H3. The monoisotopic (exact) mass is 411 g/mol. The first-order chi connectivity index (χ1) is 14.4. The van der Waals surface area contributed by atoms with Gasteiger partial charge in [-0.15, -0.1) is 0 Å². The SMILES string of the molecule is CCC(=O)N(CCOC)CC(=O)N1N=C(c2ccc(C)c(C)c2)CC1c1ccco1. The smallest absolute Gasteiger partial charge is 0.262 e. The number of hydrazone groups is 1. The third-order valence-corrected chi connectivity index (χ3v) is 5.42. The number of ether oxygens (including phenoxy) is 1. The molecular weight excluding hydrogens is 382 g/mol. The van der Waals surface area contributed by atoms with Crippen molar-refractivity contribution in [3.8, 4) is 0 Å². The minimum atomic E-state index is -0.329. The maximum absolute atomic E-state index is 13.2. The Morgan fingerprint density at radius 2 is 2.07 bits per heavy atom. The maximum Gasteiger partial charge on any atom is 0.262 e. The van der Waals surface area contributed by atoms with Crippen LogP contribution in [-0.2, 0) is 14.3 Å². The lowest BCUT2D eigenvalue weighted by atomic mass is 9.99. The number of methoxy groups -OCH3 is 1. The van der Waals surface area contributed by atoms with Gasteiger partial charge >= 0.3 is 0 Å². The molecule has 1 atom stereocenters. The van der Waals surface area contributed by atoms with Gasteiger partial charge in [0.15, 0.2) is 0 Å². The van der Waals surface area contributed by atoms with Crippen molar-refractivity contribution < 1.29 is 18.7 Å². The Morgan fingerprint density at radius 1 is 1.27 bits per heavy atom. The molecule has 0 fully saturated rings. The normalized spacial score (nSPS) is 15.9. The second-order valence-corrected chi connectivity index (χ2v) is 7.48. The average molecular weight is 412 g/mol. The zero-order chi connectivity index (χ0) is 21.7. The Labute approximate surface area is 177 Å². The number of hydrogen-bond acceptors (Lipinski definition) is 5. The Hall–Kier alpha value is -2.93. The van der Waals surface area contributed by atoms with E-state index >= 15 is 0 Å². The molecule has 2 aromatic rings. The van der Waals surface area contributed by atoms with Crippen LogP contribution in [0.3, 0.4) is 0 Å². The lowest BCUT2D eigenvalue weighted by molar-refractivity contribution is -0.142. The quantitative estimate of drug-likeness (QED) is 0.667. The molecule has 0 radical (unpaired) electrons. The van der Waals surface area contributed by atoms with Crippen LogP contribution in [0.2, 0.25) is 0 Å². The molecule has 30 heavy (non-hydrogen) atoms. The Morgan fingerprint density at radius 3 is 2.70 bits per heavy atom. The molecule has 1 aliphatic heterocycles. The molecule has 7 heteroatoms. The van der Waals surface area contributed by atoms with Crippen molar-refractivity contribution in [1.29, 1.82) is 0 Å². The maximum atomic E-state index is 13.2. The van der Waals surface area contributed by atoms with E-state index in [1.807, 2.05) is 12.1 Å². The van der Waals surface area contributed by atoms with Crippen LogP contribution in [0.25, 0.3) is 0 Å². The molecule has 0 spiro atoms. The van der Waals surface area contributed by atoms with Gasteiger partial charge in [-0.25, -0.2) is 5.01 Å². The molecule has 3 rings (SSSR count). The van der Waals surface area contributed by atoms with Gasteiger partial charge in [0.1, 0.15) is 18.3 Å². The third kappa shape index (κ3) is 4.79. The Balaban J connectivity index is 1.87. The summed E-state index contributed by atoms with van der Waals surface area (Å²) in [6, 6.07) is 9.50. The highest BCUT2D eigenvalue weighted by molar-refractivity contribution is 6.03. The van der Waals surface area contributed by atoms with Crippen LogP contribution < -0.4 is 0 Å². The topological polar surface area (TPSA) is 75.3 Å². The molecule has 0 saturated heterocycles. The Bertz CT molecular complexity index is 921. The van der Waals surface area contributed by atoms with E-state index in [1.54, 1.807) is 26.4 Å². The average Bonchev–Trinajstić information content (AvgIpc) is 3.42. The fourth-order valence-corrected chi connectivity index (χ4v) is 3.49. The summed E-state index contributed by atoms with van der Waals surface area (Å²) in [7, 11) is 1.57. The molecule has 160 valence electrons. The third-order valence-electron chi connectivity index (χ3n) is 5.42. The van der Waals surface area contributed by atoms with Crippen LogP contribution >= 0.6 is 0 Å². The van der Waals surface area contributed by atoms with Crippen molar-refractivity contribution in [3.63, 3.8) is 0 Å². The zero-order valence-electron chi connectivity index (χ0n) is 18.1. The predicted molar refractivity (Wildman–Crippen MR) is 114 cm³/mol. The van der Waals surface area contributed by atoms with Crippen LogP contribution in [0.1, 0.15) is 48.3 Å². The second-order valence-electron chi connectivity index (χ2n) is 7.48. The molecule has 0 aliphatic carbocycles. The highest BCUT2D eigenvalue weighted by Crippen LogP contribution is 2.33. The summed E-state index contributed by atoms with van der Waals surface area (Å²) in [4.78, 5) is 27.0. The van der Waals surface area contributed by atoms with E-state index in [0.29, 0.717) is 31.8 Å². The number of nitrogens with zero attached hydrogens (tertiary/aromatic N) is 3. The zero-order valence-corrected chi connectivity index (χ0v) is 18.1. The van der Waals surface area contributed by atoms with E-state index < -0.39 is 0 Å². The molecule has 7 nitrogen and oxygen atoms in total. The molecule has 0 N–H and O–H groups in total. The number of amides is 2. The molecule has 1 aliphatic rings. The van der Waals surface area contributed by atoms with Crippen molar-refractivity contribution in [3.05, 3.63) is 59.0 Å². The number of benzene rings is 1.